The number of allylic oxidation sites excluding steroid dienone is 1. The number of nitrogens with zero attached hydrogens (tertiary/aromatic N) is 2. The maximum Gasteiger partial charge on any atom is 0.313 e. The molecule has 2 unspecified atom stereocenters. The molecule has 0 saturated heterocycles. The van der Waals surface area contributed by atoms with Gasteiger partial charge in [0.15, 0.2) is 23.2 Å². The number of oxazole rings is 1. The van der Waals surface area contributed by atoms with E-state index < -0.39 is 41.9 Å². The summed E-state index contributed by atoms with van der Waals surface area (Å²) in [6, 6.07) is 26.4. The number of para-hydroxylation sites is 2. The Morgan fingerprint density at radius 2 is 1.62 bits per heavy atom. The molecule has 4 atom stereocenters. The molecule has 0 aliphatic carbocycles. The minimum atomic E-state index is -1.60. The average Bonchev–Trinajstić information content (AvgIpc) is 3.84. The molecule has 56 heavy (non-hydrogen) atoms. The number of fused-ring (bicyclic) bond motifs is 3. The maximum absolute atomic E-state index is 15.2. The van der Waals surface area contributed by atoms with E-state index in [2.05, 4.69) is 4.98 Å². The van der Waals surface area contributed by atoms with Crippen molar-refractivity contribution in [3.8, 4) is 11.5 Å². The van der Waals surface area contributed by atoms with Crippen molar-refractivity contribution in [3.05, 3.63) is 108 Å². The Morgan fingerprint density at radius 1 is 0.875 bits per heavy atom. The summed E-state index contributed by atoms with van der Waals surface area (Å²) in [5.74, 6) is -2.72. The molecule has 292 valence electrons. The molecule has 0 saturated carbocycles. The number of hydrogen-bond acceptors (Lipinski definition) is 11. The molecular weight excluding hydrogens is 716 g/mol. The van der Waals surface area contributed by atoms with E-state index in [9.17, 15) is 14.4 Å². The lowest BCUT2D eigenvalue weighted by Crippen LogP contribution is -2.51. The summed E-state index contributed by atoms with van der Waals surface area (Å²) in [5.41, 5.74) is 3.07. The fourth-order valence-electron chi connectivity index (χ4n) is 7.00. The first-order valence-corrected chi connectivity index (χ1v) is 18.8. The van der Waals surface area contributed by atoms with Crippen LogP contribution in [0.15, 0.2) is 95.4 Å². The van der Waals surface area contributed by atoms with Crippen molar-refractivity contribution in [2.75, 3.05) is 20.0 Å². The van der Waals surface area contributed by atoms with Crippen molar-refractivity contribution in [1.29, 1.82) is 0 Å². The minimum Gasteiger partial charge on any atom is -0.466 e. The predicted molar refractivity (Wildman–Crippen MR) is 208 cm³/mol. The van der Waals surface area contributed by atoms with Crippen LogP contribution in [0.3, 0.4) is 0 Å². The quantitative estimate of drug-likeness (QED) is 0.0677. The van der Waals surface area contributed by atoms with Gasteiger partial charge in [-0.05, 0) is 91.9 Å². The fraction of sp³-hybridized carbons (Fsp3) is 0.341. The molecule has 0 N–H and O–H groups in total. The van der Waals surface area contributed by atoms with Crippen molar-refractivity contribution < 1.29 is 47.3 Å². The maximum atomic E-state index is 15.2. The third kappa shape index (κ3) is 9.55. The molecule has 12 nitrogen and oxygen atoms in total. The van der Waals surface area contributed by atoms with Gasteiger partial charge in [-0.1, -0.05) is 60.7 Å². The highest BCUT2D eigenvalue weighted by atomic mass is 16.7. The molecule has 0 bridgehead atoms. The zero-order chi connectivity index (χ0) is 39.6. The third-order valence-corrected chi connectivity index (χ3v) is 9.77. The van der Waals surface area contributed by atoms with Crippen molar-refractivity contribution in [2.24, 2.45) is 5.92 Å². The highest BCUT2D eigenvalue weighted by Gasteiger charge is 2.42. The zero-order valence-electron chi connectivity index (χ0n) is 32.0. The lowest BCUT2D eigenvalue weighted by molar-refractivity contribution is -0.172. The Kier molecular flexibility index (Phi) is 13.0. The summed E-state index contributed by atoms with van der Waals surface area (Å²) in [4.78, 5) is 60.1. The van der Waals surface area contributed by atoms with Crippen LogP contribution >= 0.6 is 0 Å². The number of rotatable bonds is 17. The summed E-state index contributed by atoms with van der Waals surface area (Å²) < 4.78 is 33.5. The lowest BCUT2D eigenvalue weighted by atomic mass is 9.86. The standard InChI is InChI=1S/C44H46N2O10/c1-5-51-41(48)23-21-35(44(50)52-6-2)42(55-29(4)47)43(49)46(26-30-18-19-31-12-7-8-13-32(31)24-30)28(3)34(33-20-22-38-39(25-33)54-27-53-38)14-11-17-40-45-36-15-9-10-16-37(36)56-40/h7-13,15-20,22,24-25,28,34-35,42H,5-6,14,21,23,26-27H2,1-4H3/b17-11+/t28-,34+,35?,42?/m1/s1. The van der Waals surface area contributed by atoms with Crippen molar-refractivity contribution in [2.45, 2.75) is 71.6 Å². The minimum absolute atomic E-state index is 0.0194. The van der Waals surface area contributed by atoms with Crippen molar-refractivity contribution in [1.82, 2.24) is 9.88 Å². The number of ether oxygens (including phenoxy) is 5. The van der Waals surface area contributed by atoms with Crippen LogP contribution in [0.5, 0.6) is 11.5 Å². The fourth-order valence-corrected chi connectivity index (χ4v) is 7.00. The Morgan fingerprint density at radius 3 is 2.39 bits per heavy atom. The third-order valence-electron chi connectivity index (χ3n) is 9.77. The number of benzene rings is 4. The van der Waals surface area contributed by atoms with Crippen LogP contribution in [0, 0.1) is 5.92 Å². The van der Waals surface area contributed by atoms with Crippen LogP contribution in [0.1, 0.15) is 69.9 Å². The van der Waals surface area contributed by atoms with Gasteiger partial charge in [0.2, 0.25) is 12.7 Å². The van der Waals surface area contributed by atoms with Gasteiger partial charge in [0.25, 0.3) is 5.91 Å². The van der Waals surface area contributed by atoms with E-state index >= 15 is 4.79 Å². The molecule has 5 aromatic rings. The molecule has 2 heterocycles. The first kappa shape index (κ1) is 39.5. The zero-order valence-corrected chi connectivity index (χ0v) is 32.0. The lowest BCUT2D eigenvalue weighted by Gasteiger charge is -2.38. The molecule has 1 aliphatic rings. The van der Waals surface area contributed by atoms with E-state index in [1.165, 1.54) is 6.92 Å². The van der Waals surface area contributed by atoms with Gasteiger partial charge in [-0.2, -0.15) is 0 Å². The van der Waals surface area contributed by atoms with Gasteiger partial charge < -0.3 is 33.0 Å². The van der Waals surface area contributed by atoms with Gasteiger partial charge in [-0.15, -0.1) is 0 Å². The van der Waals surface area contributed by atoms with Gasteiger partial charge in [-0.25, -0.2) is 4.98 Å². The Bertz CT molecular complexity index is 2180. The van der Waals surface area contributed by atoms with Gasteiger partial charge in [-0.3, -0.25) is 19.2 Å². The largest absolute Gasteiger partial charge is 0.466 e. The molecule has 12 heteroatoms. The Balaban J connectivity index is 1.41. The summed E-state index contributed by atoms with van der Waals surface area (Å²) in [6.45, 7) is 6.78. The second-order valence-electron chi connectivity index (χ2n) is 13.5. The number of esters is 3. The summed E-state index contributed by atoms with van der Waals surface area (Å²) in [7, 11) is 0. The van der Waals surface area contributed by atoms with Crippen molar-refractivity contribution in [3.63, 3.8) is 0 Å². The van der Waals surface area contributed by atoms with E-state index in [4.69, 9.17) is 28.1 Å². The van der Waals surface area contributed by atoms with E-state index in [1.807, 2.05) is 97.9 Å². The molecule has 0 fully saturated rings. The molecular formula is C44H46N2O10. The van der Waals surface area contributed by atoms with Crippen LogP contribution in [-0.4, -0.2) is 65.9 Å². The van der Waals surface area contributed by atoms with Crippen LogP contribution in [0.2, 0.25) is 0 Å². The van der Waals surface area contributed by atoms with Gasteiger partial charge >= 0.3 is 17.9 Å². The molecule has 0 radical (unpaired) electrons. The van der Waals surface area contributed by atoms with E-state index in [-0.39, 0.29) is 45.3 Å². The predicted octanol–water partition coefficient (Wildman–Crippen LogP) is 7.77. The first-order chi connectivity index (χ1) is 27.1. The van der Waals surface area contributed by atoms with Gasteiger partial charge in [0, 0.05) is 31.8 Å². The first-order valence-electron chi connectivity index (χ1n) is 18.8. The Hall–Kier alpha value is -6.17. The Labute approximate surface area is 325 Å². The highest BCUT2D eigenvalue weighted by Crippen LogP contribution is 2.38. The second-order valence-corrected chi connectivity index (χ2v) is 13.5. The van der Waals surface area contributed by atoms with Crippen LogP contribution in [0.25, 0.3) is 27.9 Å². The van der Waals surface area contributed by atoms with E-state index in [0.717, 1.165) is 27.4 Å². The van der Waals surface area contributed by atoms with E-state index in [1.54, 1.807) is 24.8 Å². The van der Waals surface area contributed by atoms with Crippen molar-refractivity contribution >= 4 is 51.8 Å². The topological polar surface area (TPSA) is 144 Å². The van der Waals surface area contributed by atoms with Gasteiger partial charge in [0.05, 0.1) is 13.2 Å². The monoisotopic (exact) mass is 762 g/mol. The van der Waals surface area contributed by atoms with E-state index in [0.29, 0.717) is 29.4 Å². The average molecular weight is 763 g/mol. The number of carbonyl (C=O) groups is 4. The molecule has 4 aromatic carbocycles. The van der Waals surface area contributed by atoms with Crippen LogP contribution in [-0.2, 0) is 39.9 Å². The molecule has 0 spiro atoms. The molecule has 1 aromatic heterocycles. The second kappa shape index (κ2) is 18.4. The molecule has 6 rings (SSSR count). The summed E-state index contributed by atoms with van der Waals surface area (Å²) >= 11 is 0. The normalized spacial score (nSPS) is 14.3. The number of aromatic nitrogens is 1. The number of carbonyl (C=O) groups excluding carboxylic acids is 4. The molecule has 1 aliphatic heterocycles. The smallest absolute Gasteiger partial charge is 0.313 e. The summed E-state index contributed by atoms with van der Waals surface area (Å²) in [6.07, 6.45) is 2.23. The van der Waals surface area contributed by atoms with Gasteiger partial charge in [0.1, 0.15) is 11.4 Å². The highest BCUT2D eigenvalue weighted by molar-refractivity contribution is 5.90. The number of amides is 1. The SMILES string of the molecule is CCOC(=O)CCC(C(=O)OCC)C(OC(C)=O)C(=O)N(Cc1ccc2ccccc2c1)[C@H](C)[C@H](C/C=C/c1nc2ccccc2o1)c1ccc2c(c1)OCO2. The number of hydrogen-bond donors (Lipinski definition) is 0. The molecule has 1 amide bonds. The van der Waals surface area contributed by atoms with Crippen LogP contribution < -0.4 is 9.47 Å². The van der Waals surface area contributed by atoms with Crippen LogP contribution in [0.4, 0.5) is 0 Å². The summed E-state index contributed by atoms with van der Waals surface area (Å²) in [5, 5.41) is 2.01.